The summed E-state index contributed by atoms with van der Waals surface area (Å²) in [6, 6.07) is 0. The molecule has 0 aliphatic heterocycles. The Balaban J connectivity index is 5.00. The van der Waals surface area contributed by atoms with Crippen molar-refractivity contribution in [3.63, 3.8) is 0 Å². The summed E-state index contributed by atoms with van der Waals surface area (Å²) in [4.78, 5) is 0. The van der Waals surface area contributed by atoms with Crippen molar-refractivity contribution < 1.29 is 17.3 Å². The van der Waals surface area contributed by atoms with Gasteiger partial charge in [0.15, 0.2) is 0 Å². The fraction of sp³-hybridized carbons (Fsp3) is 1.00. The van der Waals surface area contributed by atoms with E-state index in [4.69, 9.17) is 9.30 Å². The van der Waals surface area contributed by atoms with Gasteiger partial charge in [0.2, 0.25) is 0 Å². The van der Waals surface area contributed by atoms with Gasteiger partial charge in [0.05, 0.1) is 0 Å². The summed E-state index contributed by atoms with van der Waals surface area (Å²) in [5.41, 5.74) is 0. The van der Waals surface area contributed by atoms with E-state index >= 15 is 0 Å². The van der Waals surface area contributed by atoms with Gasteiger partial charge in [-0.2, -0.15) is 0 Å². The Hall–Kier alpha value is 0.924. The molecule has 0 aliphatic carbocycles. The standard InChI is InChI=1S/2C36H74N.ClH.Ti/c2*1-3-5-7-9-11-13-15-17-19-21-23-25-27-29-31-33-35-37-36-34-32-30-28-26-24-22-20-18-16-14-12-10-8-6-4-2;;/h2*3-36H2,1-2H3;1H;/q2*-1;;+3/p-1. The molecule has 0 aromatic rings. The zero-order chi connectivity index (χ0) is 54.8. The molecule has 76 heavy (non-hydrogen) atoms. The summed E-state index contributed by atoms with van der Waals surface area (Å²) in [5, 5.41) is 0. The van der Waals surface area contributed by atoms with Crippen LogP contribution >= 0.6 is 9.30 Å². The summed E-state index contributed by atoms with van der Waals surface area (Å²) >= 11 is -2.02. The van der Waals surface area contributed by atoms with Crippen molar-refractivity contribution in [1.82, 2.24) is 6.76 Å². The van der Waals surface area contributed by atoms with Crippen molar-refractivity contribution in [2.75, 3.05) is 26.2 Å². The minimum atomic E-state index is -2.02. The third-order valence-electron chi connectivity index (χ3n) is 17.6. The minimum Gasteiger partial charge on any atom is -0.0654 e. The van der Waals surface area contributed by atoms with E-state index in [1.165, 1.54) is 437 Å². The van der Waals surface area contributed by atoms with E-state index in [1.807, 2.05) is 0 Å². The van der Waals surface area contributed by atoms with Crippen LogP contribution in [0.3, 0.4) is 0 Å². The number of unbranched alkanes of at least 4 members (excludes halogenated alkanes) is 60. The molecule has 0 heterocycles. The van der Waals surface area contributed by atoms with Crippen LogP contribution < -0.4 is 0 Å². The van der Waals surface area contributed by atoms with Gasteiger partial charge >= 0.3 is 316 Å². The van der Waals surface area contributed by atoms with Crippen LogP contribution in [0.25, 0.3) is 0 Å². The van der Waals surface area contributed by atoms with Crippen LogP contribution in [0.2, 0.25) is 0 Å². The summed E-state index contributed by atoms with van der Waals surface area (Å²) in [6.07, 6.45) is 92.7. The van der Waals surface area contributed by atoms with Gasteiger partial charge in [0.1, 0.15) is 0 Å². The molecule has 0 bridgehead atoms. The first-order valence-electron chi connectivity index (χ1n) is 36.7. The number of halogens is 1. The normalized spacial score (nSPS) is 11.9. The average molecular weight is 1130 g/mol. The van der Waals surface area contributed by atoms with Gasteiger partial charge in [-0.05, 0) is 0 Å². The Morgan fingerprint density at radius 1 is 0.158 bits per heavy atom. The molecule has 2 nitrogen and oxygen atoms in total. The zero-order valence-electron chi connectivity index (χ0n) is 53.9. The second-order valence-electron chi connectivity index (χ2n) is 25.5. The molecule has 0 fully saturated rings. The van der Waals surface area contributed by atoms with E-state index in [0.29, 0.717) is 0 Å². The van der Waals surface area contributed by atoms with Crippen molar-refractivity contribution in [1.29, 1.82) is 0 Å². The third kappa shape index (κ3) is 62.5. The van der Waals surface area contributed by atoms with Gasteiger partial charge < -0.3 is 0 Å². The maximum absolute atomic E-state index is 7.92. The monoisotopic (exact) mass is 1120 g/mol. The predicted molar refractivity (Wildman–Crippen MR) is 347 cm³/mol. The summed E-state index contributed by atoms with van der Waals surface area (Å²) in [7, 11) is 7.92. The van der Waals surface area contributed by atoms with Crippen molar-refractivity contribution >= 4 is 9.30 Å². The van der Waals surface area contributed by atoms with Gasteiger partial charge in [0.25, 0.3) is 0 Å². The molecule has 0 saturated heterocycles. The first-order chi connectivity index (χ1) is 37.7. The van der Waals surface area contributed by atoms with Crippen LogP contribution in [0.1, 0.15) is 439 Å². The molecule has 457 valence electrons. The molecule has 0 aromatic heterocycles. The zero-order valence-corrected chi connectivity index (χ0v) is 56.2. The van der Waals surface area contributed by atoms with Gasteiger partial charge in [-0.15, -0.1) is 0 Å². The molecule has 4 heteroatoms. The van der Waals surface area contributed by atoms with Crippen molar-refractivity contribution in [3.8, 4) is 0 Å². The van der Waals surface area contributed by atoms with E-state index in [0.717, 1.165) is 0 Å². The molecule has 0 aromatic carbocycles. The first-order valence-corrected chi connectivity index (χ1v) is 40.3. The molecular formula is C72H148ClN2Ti. The van der Waals surface area contributed by atoms with E-state index in [-0.39, 0.29) is 0 Å². The average Bonchev–Trinajstić information content (AvgIpc) is 3.43. The smallest absolute Gasteiger partial charge is 0.0654 e. The minimum absolute atomic E-state index is 1.27. The fourth-order valence-electron chi connectivity index (χ4n) is 12.2. The van der Waals surface area contributed by atoms with E-state index < -0.39 is 17.3 Å². The van der Waals surface area contributed by atoms with Gasteiger partial charge in [-0.3, -0.25) is 0 Å². The third-order valence-corrected chi connectivity index (χ3v) is 22.6. The molecule has 0 unspecified atom stereocenters. The second-order valence-corrected chi connectivity index (χ2v) is 29.7. The number of hydrogen-bond donors (Lipinski definition) is 0. The molecule has 0 N–H and O–H groups in total. The van der Waals surface area contributed by atoms with Crippen LogP contribution in [0.5, 0.6) is 0 Å². The van der Waals surface area contributed by atoms with Crippen LogP contribution in [0.15, 0.2) is 0 Å². The molecule has 0 rings (SSSR count). The Bertz CT molecular complexity index is 846. The molecule has 0 atom stereocenters. The van der Waals surface area contributed by atoms with Gasteiger partial charge in [-0.25, -0.2) is 0 Å². The SMILES string of the molecule is CCCCCCCCCCCCCCCCCC[N](CCCCCCCCCCCCCCCCCC)[Ti]([Cl])[N](CCCCCCCCCCCCCCCCCC)CCCCCCCCCCCCCCCCCC. The van der Waals surface area contributed by atoms with Crippen molar-refractivity contribution in [2.24, 2.45) is 0 Å². The number of nitrogens with zero attached hydrogens (tertiary/aromatic N) is 2. The quantitative estimate of drug-likeness (QED) is 0.0442. The Morgan fingerprint density at radius 3 is 0.355 bits per heavy atom. The molecule has 0 saturated carbocycles. The number of rotatable bonds is 70. The molecule has 0 aliphatic rings. The molecule has 0 spiro atoms. The van der Waals surface area contributed by atoms with Crippen LogP contribution in [0, 0.1) is 0 Å². The van der Waals surface area contributed by atoms with Crippen LogP contribution in [0.4, 0.5) is 0 Å². The van der Waals surface area contributed by atoms with Gasteiger partial charge in [-0.1, -0.05) is 182 Å². The van der Waals surface area contributed by atoms with E-state index in [2.05, 4.69) is 34.5 Å². The fourth-order valence-corrected chi connectivity index (χ4v) is 16.4. The topological polar surface area (TPSA) is 6.48 Å². The van der Waals surface area contributed by atoms with E-state index in [9.17, 15) is 0 Å². The summed E-state index contributed by atoms with van der Waals surface area (Å²) in [5.74, 6) is 0. The van der Waals surface area contributed by atoms with Crippen LogP contribution in [-0.4, -0.2) is 32.9 Å². The van der Waals surface area contributed by atoms with Crippen molar-refractivity contribution in [2.45, 2.75) is 439 Å². The maximum atomic E-state index is 7.92. The summed E-state index contributed by atoms with van der Waals surface area (Å²) in [6.45, 7) is 14.4. The van der Waals surface area contributed by atoms with Crippen molar-refractivity contribution in [3.05, 3.63) is 0 Å². The number of hydrogen-bond acceptors (Lipinski definition) is 2. The Kier molecular flexibility index (Phi) is 71.0. The molecular weight excluding hydrogens is 976 g/mol. The first kappa shape index (κ1) is 76.9. The Morgan fingerprint density at radius 2 is 0.250 bits per heavy atom. The Labute approximate surface area is 495 Å². The van der Waals surface area contributed by atoms with Crippen LogP contribution in [-0.2, 0) is 17.3 Å². The summed E-state index contributed by atoms with van der Waals surface area (Å²) < 4.78 is 5.85. The van der Waals surface area contributed by atoms with E-state index in [1.54, 1.807) is 0 Å². The van der Waals surface area contributed by atoms with Gasteiger partial charge in [0, 0.05) is 0 Å². The molecule has 0 radical (unpaired) electrons. The predicted octanol–water partition coefficient (Wildman–Crippen LogP) is 27.2. The molecule has 0 amide bonds. The second kappa shape index (κ2) is 70.2.